The summed E-state index contributed by atoms with van der Waals surface area (Å²) in [5, 5.41) is 3.25. The Labute approximate surface area is 136 Å². The predicted molar refractivity (Wildman–Crippen MR) is 89.9 cm³/mol. The summed E-state index contributed by atoms with van der Waals surface area (Å²) >= 11 is 0. The average Bonchev–Trinajstić information content (AvgIpc) is 3.45. The molecule has 2 aromatic rings. The van der Waals surface area contributed by atoms with Crippen LogP contribution in [0.1, 0.15) is 29.9 Å². The molecule has 1 saturated carbocycles. The van der Waals surface area contributed by atoms with E-state index in [-0.39, 0.29) is 0 Å². The van der Waals surface area contributed by atoms with Crippen LogP contribution in [0.2, 0.25) is 0 Å². The maximum Gasteiger partial charge on any atom is 0.221 e. The number of nitrogens with zero attached hydrogens (tertiary/aromatic N) is 1. The summed E-state index contributed by atoms with van der Waals surface area (Å²) in [6.45, 7) is 0.569. The van der Waals surface area contributed by atoms with Crippen LogP contribution in [-0.4, -0.2) is 18.4 Å². The number of ether oxygens (including phenoxy) is 1. The molecule has 0 saturated heterocycles. The van der Waals surface area contributed by atoms with Gasteiger partial charge in [-0.25, -0.2) is 10.8 Å². The summed E-state index contributed by atoms with van der Waals surface area (Å²) < 4.78 is 5.80. The summed E-state index contributed by atoms with van der Waals surface area (Å²) in [6.07, 6.45) is 4.74. The van der Waals surface area contributed by atoms with Gasteiger partial charge in [0.05, 0.1) is 0 Å². The van der Waals surface area contributed by atoms with E-state index < -0.39 is 0 Å². The Balaban J connectivity index is 0.000000433. The molecule has 122 valence electrons. The first-order valence-corrected chi connectivity index (χ1v) is 7.53. The Morgan fingerprint density at radius 1 is 1.30 bits per heavy atom. The standard InChI is InChI=1S/C16H18N2O.CH4N2O/c1-17-15-6-4-5-13(12-8-9-12)14(15)11-19-16-7-2-3-10-18-16;2-3-1-4/h2-7,10,12,17H,8-9,11H2,1H3;1H,2H2,(H,3,4). The lowest BCUT2D eigenvalue weighted by Crippen LogP contribution is -2.18. The van der Waals surface area contributed by atoms with Crippen molar-refractivity contribution in [3.8, 4) is 5.88 Å². The number of pyridine rings is 1. The minimum Gasteiger partial charge on any atom is -0.473 e. The van der Waals surface area contributed by atoms with E-state index in [0.29, 0.717) is 18.9 Å². The third kappa shape index (κ3) is 4.96. The van der Waals surface area contributed by atoms with Gasteiger partial charge in [0.1, 0.15) is 6.61 Å². The molecule has 1 aliphatic carbocycles. The van der Waals surface area contributed by atoms with Crippen LogP contribution in [0.3, 0.4) is 0 Å². The Hall–Kier alpha value is -2.60. The number of anilines is 1. The van der Waals surface area contributed by atoms with E-state index in [0.717, 1.165) is 11.6 Å². The molecule has 23 heavy (non-hydrogen) atoms. The lowest BCUT2D eigenvalue weighted by molar-refractivity contribution is -0.109. The van der Waals surface area contributed by atoms with Crippen molar-refractivity contribution in [2.75, 3.05) is 12.4 Å². The van der Waals surface area contributed by atoms with Crippen molar-refractivity contribution >= 4 is 12.1 Å². The molecule has 1 aliphatic rings. The van der Waals surface area contributed by atoms with Crippen LogP contribution in [0.15, 0.2) is 42.6 Å². The second-order valence-corrected chi connectivity index (χ2v) is 5.14. The smallest absolute Gasteiger partial charge is 0.221 e. The van der Waals surface area contributed by atoms with Crippen molar-refractivity contribution in [1.29, 1.82) is 0 Å². The first-order valence-electron chi connectivity index (χ1n) is 7.53. The molecule has 6 heteroatoms. The van der Waals surface area contributed by atoms with E-state index in [1.165, 1.54) is 24.0 Å². The number of hydrogen-bond donors (Lipinski definition) is 3. The quantitative estimate of drug-likeness (QED) is 0.329. The number of hydrazine groups is 1. The van der Waals surface area contributed by atoms with Crippen LogP contribution in [0.4, 0.5) is 5.69 Å². The number of carbonyl (C=O) groups is 1. The Kier molecular flexibility index (Phi) is 6.38. The highest BCUT2D eigenvalue weighted by molar-refractivity contribution is 5.55. The second kappa shape index (κ2) is 8.75. The molecule has 0 spiro atoms. The number of nitrogens with one attached hydrogen (secondary N) is 2. The summed E-state index contributed by atoms with van der Waals surface area (Å²) in [4.78, 5) is 13.1. The molecule has 0 aliphatic heterocycles. The highest BCUT2D eigenvalue weighted by Crippen LogP contribution is 2.43. The molecule has 1 fully saturated rings. The van der Waals surface area contributed by atoms with Gasteiger partial charge >= 0.3 is 0 Å². The maximum absolute atomic E-state index is 8.94. The van der Waals surface area contributed by atoms with Gasteiger partial charge in [0.2, 0.25) is 12.3 Å². The van der Waals surface area contributed by atoms with Crippen molar-refractivity contribution in [2.24, 2.45) is 5.84 Å². The molecule has 1 aromatic heterocycles. The van der Waals surface area contributed by atoms with Gasteiger partial charge in [-0.1, -0.05) is 18.2 Å². The highest BCUT2D eigenvalue weighted by atomic mass is 16.5. The number of amides is 1. The van der Waals surface area contributed by atoms with Gasteiger partial charge in [0, 0.05) is 30.6 Å². The van der Waals surface area contributed by atoms with Crippen LogP contribution in [0.25, 0.3) is 0 Å². The van der Waals surface area contributed by atoms with Crippen molar-refractivity contribution in [3.05, 3.63) is 53.7 Å². The molecular formula is C17H22N4O2. The third-order valence-corrected chi connectivity index (χ3v) is 3.57. The largest absolute Gasteiger partial charge is 0.473 e. The Morgan fingerprint density at radius 2 is 2.09 bits per heavy atom. The van der Waals surface area contributed by atoms with Crippen molar-refractivity contribution < 1.29 is 9.53 Å². The molecule has 0 unspecified atom stereocenters. The molecule has 3 rings (SSSR count). The molecule has 6 nitrogen and oxygen atoms in total. The lowest BCUT2D eigenvalue weighted by atomic mass is 10.0. The van der Waals surface area contributed by atoms with E-state index in [1.807, 2.05) is 25.2 Å². The lowest BCUT2D eigenvalue weighted by Gasteiger charge is -2.14. The fourth-order valence-electron chi connectivity index (χ4n) is 2.36. The SMILES string of the molecule is CNc1cccc(C2CC2)c1COc1ccccn1.NNC=O. The van der Waals surface area contributed by atoms with Crippen molar-refractivity contribution in [3.63, 3.8) is 0 Å². The topological polar surface area (TPSA) is 89.3 Å². The summed E-state index contributed by atoms with van der Waals surface area (Å²) in [5.41, 5.74) is 5.58. The fraction of sp³-hybridized carbons (Fsp3) is 0.294. The molecule has 0 bridgehead atoms. The minimum atomic E-state index is 0.403. The molecule has 0 atom stereocenters. The zero-order valence-electron chi connectivity index (χ0n) is 13.2. The number of benzene rings is 1. The first kappa shape index (κ1) is 16.8. The van der Waals surface area contributed by atoms with Crippen LogP contribution in [0.5, 0.6) is 5.88 Å². The van der Waals surface area contributed by atoms with Crippen LogP contribution in [0, 0.1) is 0 Å². The predicted octanol–water partition coefficient (Wildman–Crippen LogP) is 2.19. The normalized spacial score (nSPS) is 12.6. The Bertz CT molecular complexity index is 615. The first-order chi connectivity index (χ1) is 11.3. The molecule has 1 aromatic carbocycles. The zero-order chi connectivity index (χ0) is 16.5. The number of hydrogen-bond acceptors (Lipinski definition) is 5. The molecule has 1 amide bonds. The van der Waals surface area contributed by atoms with E-state index in [9.17, 15) is 0 Å². The van der Waals surface area contributed by atoms with Gasteiger partial charge in [-0.2, -0.15) is 0 Å². The monoisotopic (exact) mass is 314 g/mol. The van der Waals surface area contributed by atoms with Crippen molar-refractivity contribution in [2.45, 2.75) is 25.4 Å². The van der Waals surface area contributed by atoms with E-state index in [4.69, 9.17) is 9.53 Å². The Morgan fingerprint density at radius 3 is 2.65 bits per heavy atom. The third-order valence-electron chi connectivity index (χ3n) is 3.57. The molecule has 1 heterocycles. The molecule has 4 N–H and O–H groups in total. The number of rotatable bonds is 6. The van der Waals surface area contributed by atoms with E-state index in [2.05, 4.69) is 34.3 Å². The fourth-order valence-corrected chi connectivity index (χ4v) is 2.36. The number of carbonyl (C=O) groups excluding carboxylic acids is 1. The van der Waals surface area contributed by atoms with E-state index >= 15 is 0 Å². The van der Waals surface area contributed by atoms with Crippen LogP contribution >= 0.6 is 0 Å². The van der Waals surface area contributed by atoms with Gasteiger partial charge in [-0.05, 0) is 36.5 Å². The van der Waals surface area contributed by atoms with Gasteiger partial charge in [-0.3, -0.25) is 10.2 Å². The zero-order valence-corrected chi connectivity index (χ0v) is 13.2. The van der Waals surface area contributed by atoms with Gasteiger partial charge in [0.25, 0.3) is 0 Å². The number of nitrogens with two attached hydrogens (primary N) is 1. The van der Waals surface area contributed by atoms with Crippen molar-refractivity contribution in [1.82, 2.24) is 10.4 Å². The number of aromatic nitrogens is 1. The molecule has 0 radical (unpaired) electrons. The van der Waals surface area contributed by atoms with Gasteiger partial charge in [-0.15, -0.1) is 0 Å². The summed E-state index contributed by atoms with van der Waals surface area (Å²) in [7, 11) is 1.95. The second-order valence-electron chi connectivity index (χ2n) is 5.14. The summed E-state index contributed by atoms with van der Waals surface area (Å²) in [5.74, 6) is 5.80. The minimum absolute atomic E-state index is 0.403. The van der Waals surface area contributed by atoms with Gasteiger partial charge in [0.15, 0.2) is 0 Å². The van der Waals surface area contributed by atoms with Gasteiger partial charge < -0.3 is 10.1 Å². The maximum atomic E-state index is 8.94. The van der Waals surface area contributed by atoms with Crippen LogP contribution in [-0.2, 0) is 11.4 Å². The highest BCUT2D eigenvalue weighted by Gasteiger charge is 2.27. The molecular weight excluding hydrogens is 292 g/mol. The summed E-state index contributed by atoms with van der Waals surface area (Å²) in [6, 6.07) is 12.2. The van der Waals surface area contributed by atoms with Crippen LogP contribution < -0.4 is 21.3 Å². The average molecular weight is 314 g/mol. The van der Waals surface area contributed by atoms with E-state index in [1.54, 1.807) is 11.6 Å².